The van der Waals surface area contributed by atoms with E-state index in [-0.39, 0.29) is 0 Å². The normalized spacial score (nSPS) is 11.1. The first-order valence-corrected chi connectivity index (χ1v) is 25.5. The molecule has 14 heteroatoms. The molecule has 0 aliphatic carbocycles. The van der Waals surface area contributed by atoms with E-state index in [9.17, 15) is 0 Å². The number of ether oxygens (including phenoxy) is 6. The van der Waals surface area contributed by atoms with E-state index in [1.807, 2.05) is 109 Å². The average Bonchev–Trinajstić information content (AvgIpc) is 3.36. The van der Waals surface area contributed by atoms with Crippen LogP contribution in [0.5, 0.6) is 34.5 Å². The molecular formula is C52H50Cl8O6. The topological polar surface area (TPSA) is 55.4 Å². The summed E-state index contributed by atoms with van der Waals surface area (Å²) in [7, 11) is 0. The molecule has 0 fully saturated rings. The van der Waals surface area contributed by atoms with Crippen LogP contribution in [-0.2, 0) is 73.5 Å². The molecule has 0 aliphatic heterocycles. The minimum Gasteiger partial charge on any atom is -0.494 e. The number of unbranched alkanes of at least 4 members (excludes halogenated alkanes) is 1. The van der Waals surface area contributed by atoms with E-state index in [0.717, 1.165) is 79.6 Å². The summed E-state index contributed by atoms with van der Waals surface area (Å²) in [4.78, 5) is 0. The van der Waals surface area contributed by atoms with Crippen molar-refractivity contribution in [3.8, 4) is 34.5 Å². The lowest BCUT2D eigenvalue weighted by Gasteiger charge is -2.15. The highest BCUT2D eigenvalue weighted by Crippen LogP contribution is 2.28. The fraction of sp³-hybridized carbons (Fsp3) is 0.308. The lowest BCUT2D eigenvalue weighted by Crippen LogP contribution is -2.06. The summed E-state index contributed by atoms with van der Waals surface area (Å²) in [6.07, 6.45) is 1.48. The van der Waals surface area contributed by atoms with Gasteiger partial charge in [-0.15, -0.1) is 92.8 Å². The van der Waals surface area contributed by atoms with Gasteiger partial charge in [0.1, 0.15) is 60.9 Å². The van der Waals surface area contributed by atoms with Gasteiger partial charge in [0.05, 0.1) is 13.2 Å². The van der Waals surface area contributed by atoms with E-state index in [1.54, 1.807) is 0 Å². The van der Waals surface area contributed by atoms with Crippen molar-refractivity contribution in [2.45, 2.75) is 86.3 Å². The quantitative estimate of drug-likeness (QED) is 0.0378. The van der Waals surface area contributed by atoms with Crippen LogP contribution in [0.4, 0.5) is 0 Å². The van der Waals surface area contributed by atoms with Gasteiger partial charge in [0, 0.05) is 47.0 Å². The Morgan fingerprint density at radius 1 is 0.212 bits per heavy atom. The first-order chi connectivity index (χ1) is 32.2. The van der Waals surface area contributed by atoms with Crippen molar-refractivity contribution < 1.29 is 28.4 Å². The standard InChI is InChI=1S/C52H50Cl8O6/c53-23-35-5-36(24-54)12-49(11-35)63-31-43-9-44(32-64-50-13-37(25-55)6-38(14-50)26-56)20-47(19-43)61-3-1-2-4-62-48-21-45(33-65-51-15-39(27-57)7-40(16-51)28-58)10-46(22-48)34-66-52-17-41(29-59)8-42(18-52)30-60/h5-22H,1-4,23-34H2. The van der Waals surface area contributed by atoms with Crippen LogP contribution in [0.25, 0.3) is 0 Å². The summed E-state index contributed by atoms with van der Waals surface area (Å²) in [5.74, 6) is 6.99. The van der Waals surface area contributed by atoms with Crippen molar-refractivity contribution >= 4 is 92.8 Å². The predicted octanol–water partition coefficient (Wildman–Crippen LogP) is 16.2. The van der Waals surface area contributed by atoms with E-state index in [1.165, 1.54) is 0 Å². The number of benzene rings is 6. The summed E-state index contributed by atoms with van der Waals surface area (Å²) < 4.78 is 37.7. The van der Waals surface area contributed by atoms with Crippen LogP contribution >= 0.6 is 92.8 Å². The first-order valence-electron chi connectivity index (χ1n) is 21.2. The molecule has 6 aromatic rings. The molecule has 0 amide bonds. The van der Waals surface area contributed by atoms with Crippen molar-refractivity contribution in [3.63, 3.8) is 0 Å². The van der Waals surface area contributed by atoms with E-state index < -0.39 is 0 Å². The molecule has 0 saturated heterocycles. The Balaban J connectivity index is 1.11. The van der Waals surface area contributed by atoms with Crippen LogP contribution in [0.1, 0.15) is 79.6 Å². The largest absolute Gasteiger partial charge is 0.494 e. The molecular weight excluding hydrogens is 1000 g/mol. The van der Waals surface area contributed by atoms with Crippen molar-refractivity contribution in [1.29, 1.82) is 0 Å². The van der Waals surface area contributed by atoms with Gasteiger partial charge in [-0.2, -0.15) is 0 Å². The van der Waals surface area contributed by atoms with Crippen LogP contribution in [-0.4, -0.2) is 13.2 Å². The summed E-state index contributed by atoms with van der Waals surface area (Å²) in [5, 5.41) is 0. The number of hydrogen-bond donors (Lipinski definition) is 0. The zero-order valence-electron chi connectivity index (χ0n) is 36.2. The second-order valence-corrected chi connectivity index (χ2v) is 17.7. The van der Waals surface area contributed by atoms with Crippen LogP contribution in [0, 0.1) is 0 Å². The molecule has 6 rings (SSSR count). The summed E-state index contributed by atoms with van der Waals surface area (Å²) in [5.41, 5.74) is 11.1. The fourth-order valence-electron chi connectivity index (χ4n) is 7.07. The van der Waals surface area contributed by atoms with Crippen molar-refractivity contribution in [1.82, 2.24) is 0 Å². The van der Waals surface area contributed by atoms with Crippen molar-refractivity contribution in [2.75, 3.05) is 13.2 Å². The Labute approximate surface area is 428 Å². The van der Waals surface area contributed by atoms with Gasteiger partial charge in [-0.1, -0.05) is 24.3 Å². The maximum absolute atomic E-state index is 6.34. The highest BCUT2D eigenvalue weighted by molar-refractivity contribution is 6.19. The lowest BCUT2D eigenvalue weighted by atomic mass is 10.1. The van der Waals surface area contributed by atoms with Crippen LogP contribution in [0.3, 0.4) is 0 Å². The smallest absolute Gasteiger partial charge is 0.120 e. The monoisotopic (exact) mass is 1050 g/mol. The SMILES string of the molecule is ClCc1cc(CCl)cc(OCc2cc(COc3cc(CCl)cc(CCl)c3)cc(OCCCCOc3cc(COc4cc(CCl)cc(CCl)c4)cc(COc4cc(CCl)cc(CCl)c4)c3)c2)c1. The Hall–Kier alpha value is -3.56. The molecule has 0 aromatic heterocycles. The third-order valence-corrected chi connectivity index (χ3v) is 12.6. The van der Waals surface area contributed by atoms with Crippen LogP contribution in [0.2, 0.25) is 0 Å². The van der Waals surface area contributed by atoms with Gasteiger partial charge in [0.15, 0.2) is 0 Å². The number of halogens is 8. The molecule has 0 saturated carbocycles. The number of hydrogen-bond acceptors (Lipinski definition) is 6. The Bertz CT molecular complexity index is 2070. The Morgan fingerprint density at radius 3 is 0.576 bits per heavy atom. The van der Waals surface area contributed by atoms with Crippen LogP contribution in [0.15, 0.2) is 109 Å². The highest BCUT2D eigenvalue weighted by atomic mass is 35.5. The molecule has 0 spiro atoms. The van der Waals surface area contributed by atoms with Gasteiger partial charge in [-0.3, -0.25) is 0 Å². The van der Waals surface area contributed by atoms with Gasteiger partial charge in [0.25, 0.3) is 0 Å². The van der Waals surface area contributed by atoms with Gasteiger partial charge in [0.2, 0.25) is 0 Å². The van der Waals surface area contributed by atoms with Gasteiger partial charge >= 0.3 is 0 Å². The second kappa shape index (κ2) is 27.4. The van der Waals surface area contributed by atoms with Gasteiger partial charge in [-0.25, -0.2) is 0 Å². The molecule has 0 heterocycles. The lowest BCUT2D eigenvalue weighted by molar-refractivity contribution is 0.262. The van der Waals surface area contributed by atoms with Gasteiger partial charge < -0.3 is 28.4 Å². The third-order valence-electron chi connectivity index (χ3n) is 10.1. The van der Waals surface area contributed by atoms with Crippen LogP contribution < -0.4 is 28.4 Å². The molecule has 6 nitrogen and oxygen atoms in total. The molecule has 66 heavy (non-hydrogen) atoms. The zero-order chi connectivity index (χ0) is 46.7. The minimum atomic E-state index is 0.295. The summed E-state index contributed by atoms with van der Waals surface area (Å²) in [6.45, 7) is 2.11. The van der Waals surface area contributed by atoms with E-state index >= 15 is 0 Å². The minimum absolute atomic E-state index is 0.295. The van der Waals surface area contributed by atoms with E-state index in [4.69, 9.17) is 121 Å². The Morgan fingerprint density at radius 2 is 0.379 bits per heavy atom. The molecule has 0 N–H and O–H groups in total. The Kier molecular flexibility index (Phi) is 21.5. The molecule has 0 atom stereocenters. The molecule has 6 aromatic carbocycles. The second-order valence-electron chi connectivity index (χ2n) is 15.5. The maximum Gasteiger partial charge on any atom is 0.120 e. The highest BCUT2D eigenvalue weighted by Gasteiger charge is 2.11. The molecule has 0 aliphatic rings. The number of rotatable bonds is 27. The van der Waals surface area contributed by atoms with Crippen molar-refractivity contribution in [3.05, 3.63) is 176 Å². The molecule has 0 unspecified atom stereocenters. The maximum atomic E-state index is 6.34. The summed E-state index contributed by atoms with van der Waals surface area (Å²) >= 11 is 49.2. The predicted molar refractivity (Wildman–Crippen MR) is 273 cm³/mol. The number of alkyl halides is 8. The van der Waals surface area contributed by atoms with E-state index in [2.05, 4.69) is 0 Å². The third kappa shape index (κ3) is 16.6. The average molecular weight is 1050 g/mol. The molecule has 0 bridgehead atoms. The molecule has 0 radical (unpaired) electrons. The zero-order valence-corrected chi connectivity index (χ0v) is 42.2. The fourth-order valence-corrected chi connectivity index (χ4v) is 8.31. The molecule has 350 valence electrons. The summed E-state index contributed by atoms with van der Waals surface area (Å²) in [6, 6.07) is 35.3. The van der Waals surface area contributed by atoms with Gasteiger partial charge in [-0.05, 0) is 165 Å². The van der Waals surface area contributed by atoms with E-state index in [0.29, 0.717) is 121 Å². The first kappa shape index (κ1) is 51.8. The van der Waals surface area contributed by atoms with Crippen molar-refractivity contribution in [2.24, 2.45) is 0 Å².